The summed E-state index contributed by atoms with van der Waals surface area (Å²) in [6.07, 6.45) is -0.351. The van der Waals surface area contributed by atoms with Gasteiger partial charge in [-0.3, -0.25) is 9.69 Å². The molecule has 2 fully saturated rings. The Morgan fingerprint density at radius 2 is 1.85 bits per heavy atom. The Balaban J connectivity index is 0.00000225. The first-order valence-corrected chi connectivity index (χ1v) is 8.87. The molecule has 0 spiro atoms. The van der Waals surface area contributed by atoms with Crippen molar-refractivity contribution in [2.75, 3.05) is 57.3 Å². The number of nitrogens with zero attached hydrogens (tertiary/aromatic N) is 2. The van der Waals surface area contributed by atoms with Crippen LogP contribution < -0.4 is 15.5 Å². The van der Waals surface area contributed by atoms with Gasteiger partial charge in [0.05, 0.1) is 6.61 Å². The lowest BCUT2D eigenvalue weighted by Crippen LogP contribution is -2.54. The number of benzene rings is 1. The average molecular weight is 442 g/mol. The molecule has 2 atom stereocenters. The molecule has 156 valence electrons. The predicted molar refractivity (Wildman–Crippen MR) is 117 cm³/mol. The van der Waals surface area contributed by atoms with Crippen molar-refractivity contribution in [3.05, 3.63) is 30.3 Å². The van der Waals surface area contributed by atoms with E-state index in [9.17, 15) is 4.79 Å². The highest BCUT2D eigenvalue weighted by Gasteiger charge is 2.24. The molecule has 2 saturated heterocycles. The zero-order chi connectivity index (χ0) is 16.8. The second-order valence-corrected chi connectivity index (χ2v) is 6.60. The summed E-state index contributed by atoms with van der Waals surface area (Å²) in [5.41, 5.74) is 1.29. The lowest BCUT2D eigenvalue weighted by Gasteiger charge is -2.37. The van der Waals surface area contributed by atoms with E-state index in [0.717, 1.165) is 39.3 Å². The fourth-order valence-corrected chi connectivity index (χ4v) is 3.33. The fraction of sp³-hybridized carbons (Fsp3) is 0.611. The normalized spacial score (nSPS) is 21.1. The molecule has 3 rings (SSSR count). The number of morpholine rings is 1. The lowest BCUT2D eigenvalue weighted by molar-refractivity contribution is -0.135. The predicted octanol–water partition coefficient (Wildman–Crippen LogP) is 1.57. The second-order valence-electron chi connectivity index (χ2n) is 6.60. The largest absolute Gasteiger partial charge is 0.369 e. The van der Waals surface area contributed by atoms with Gasteiger partial charge in [-0.25, -0.2) is 0 Å². The Bertz CT molecular complexity index is 525. The smallest absolute Gasteiger partial charge is 0.250 e. The van der Waals surface area contributed by atoms with Gasteiger partial charge in [0.25, 0.3) is 5.91 Å². The Morgan fingerprint density at radius 1 is 1.19 bits per heavy atom. The van der Waals surface area contributed by atoms with Crippen LogP contribution in [0.5, 0.6) is 0 Å². The van der Waals surface area contributed by atoms with E-state index < -0.39 is 0 Å². The first-order valence-electron chi connectivity index (χ1n) is 8.87. The number of ether oxygens (including phenoxy) is 1. The van der Waals surface area contributed by atoms with Gasteiger partial charge in [-0.15, -0.1) is 37.2 Å². The third kappa shape index (κ3) is 8.02. The monoisotopic (exact) mass is 440 g/mol. The van der Waals surface area contributed by atoms with Crippen LogP contribution in [0.2, 0.25) is 0 Å². The Labute approximate surface area is 180 Å². The van der Waals surface area contributed by atoms with E-state index in [-0.39, 0.29) is 55.3 Å². The molecule has 0 radical (unpaired) electrons. The molecule has 1 amide bonds. The van der Waals surface area contributed by atoms with Gasteiger partial charge >= 0.3 is 0 Å². The molecule has 1 aromatic rings. The molecule has 0 aromatic heterocycles. The van der Waals surface area contributed by atoms with E-state index in [2.05, 4.69) is 57.7 Å². The maximum absolute atomic E-state index is 12.2. The number of amides is 1. The van der Waals surface area contributed by atoms with Gasteiger partial charge in [0, 0.05) is 57.5 Å². The molecular formula is C18H31Cl3N4O2. The Morgan fingerprint density at radius 3 is 2.44 bits per heavy atom. The van der Waals surface area contributed by atoms with Crippen LogP contribution in [0.4, 0.5) is 5.69 Å². The lowest BCUT2D eigenvalue weighted by atomic mass is 10.2. The molecule has 27 heavy (non-hydrogen) atoms. The first-order chi connectivity index (χ1) is 11.7. The molecule has 0 bridgehead atoms. The number of carbonyl (C=O) groups is 1. The van der Waals surface area contributed by atoms with E-state index in [1.54, 1.807) is 0 Å². The van der Waals surface area contributed by atoms with Crippen molar-refractivity contribution in [3.63, 3.8) is 0 Å². The van der Waals surface area contributed by atoms with Gasteiger partial charge < -0.3 is 20.3 Å². The standard InChI is InChI=1S/C18H28N4O2.3ClH/c1-15(20-18(23)17-13-19-7-12-24-17)14-21-8-10-22(11-9-21)16-5-3-2-4-6-16;;;/h2-6,15,17,19H,7-14H2,1H3,(H,20,23);3*1H. The molecular weight excluding hydrogens is 411 g/mol. The SMILES string of the molecule is CC(CN1CCN(c2ccccc2)CC1)NC(=O)C1CNCCO1.Cl.Cl.Cl. The van der Waals surface area contributed by atoms with E-state index in [1.165, 1.54) is 5.69 Å². The van der Waals surface area contributed by atoms with Crippen molar-refractivity contribution in [2.45, 2.75) is 19.1 Å². The van der Waals surface area contributed by atoms with E-state index in [0.29, 0.717) is 13.2 Å². The molecule has 2 heterocycles. The van der Waals surface area contributed by atoms with E-state index >= 15 is 0 Å². The summed E-state index contributed by atoms with van der Waals surface area (Å²) in [6, 6.07) is 10.7. The number of para-hydroxylation sites is 1. The van der Waals surface area contributed by atoms with Crippen molar-refractivity contribution < 1.29 is 9.53 Å². The van der Waals surface area contributed by atoms with Crippen LogP contribution in [0, 0.1) is 0 Å². The van der Waals surface area contributed by atoms with Crippen LogP contribution in [0.3, 0.4) is 0 Å². The summed E-state index contributed by atoms with van der Waals surface area (Å²) in [7, 11) is 0. The molecule has 0 aliphatic carbocycles. The quantitative estimate of drug-likeness (QED) is 0.726. The summed E-state index contributed by atoms with van der Waals surface area (Å²) < 4.78 is 5.50. The van der Waals surface area contributed by atoms with Crippen LogP contribution in [-0.2, 0) is 9.53 Å². The Kier molecular flexibility index (Phi) is 13.0. The maximum atomic E-state index is 12.2. The molecule has 9 heteroatoms. The van der Waals surface area contributed by atoms with Gasteiger partial charge in [-0.1, -0.05) is 18.2 Å². The van der Waals surface area contributed by atoms with Crippen LogP contribution in [-0.4, -0.2) is 75.4 Å². The number of hydrogen-bond donors (Lipinski definition) is 2. The van der Waals surface area contributed by atoms with Crippen molar-refractivity contribution in [1.29, 1.82) is 0 Å². The minimum absolute atomic E-state index is 0. The van der Waals surface area contributed by atoms with Gasteiger partial charge in [0.1, 0.15) is 6.10 Å². The number of rotatable bonds is 5. The van der Waals surface area contributed by atoms with Crippen molar-refractivity contribution in [2.24, 2.45) is 0 Å². The summed E-state index contributed by atoms with van der Waals surface area (Å²) in [4.78, 5) is 17.0. The number of piperazine rings is 1. The zero-order valence-electron chi connectivity index (χ0n) is 15.6. The van der Waals surface area contributed by atoms with Crippen LogP contribution >= 0.6 is 37.2 Å². The van der Waals surface area contributed by atoms with Crippen LogP contribution in [0.25, 0.3) is 0 Å². The molecule has 1 aromatic carbocycles. The molecule has 2 aliphatic heterocycles. The van der Waals surface area contributed by atoms with E-state index in [4.69, 9.17) is 4.74 Å². The molecule has 6 nitrogen and oxygen atoms in total. The summed E-state index contributed by atoms with van der Waals surface area (Å²) in [6.45, 7) is 9.09. The third-order valence-corrected chi connectivity index (χ3v) is 4.63. The van der Waals surface area contributed by atoms with Crippen LogP contribution in [0.1, 0.15) is 6.92 Å². The number of carbonyl (C=O) groups excluding carboxylic acids is 1. The highest BCUT2D eigenvalue weighted by molar-refractivity contribution is 5.86. The Hall–Kier alpha value is -0.760. The second kappa shape index (κ2) is 13.4. The van der Waals surface area contributed by atoms with Gasteiger partial charge in [0.15, 0.2) is 0 Å². The minimum atomic E-state index is -0.351. The zero-order valence-corrected chi connectivity index (χ0v) is 18.1. The van der Waals surface area contributed by atoms with Crippen molar-refractivity contribution in [3.8, 4) is 0 Å². The highest BCUT2D eigenvalue weighted by atomic mass is 35.5. The third-order valence-electron chi connectivity index (χ3n) is 4.63. The number of nitrogens with one attached hydrogen (secondary N) is 2. The van der Waals surface area contributed by atoms with Crippen LogP contribution in [0.15, 0.2) is 30.3 Å². The summed E-state index contributed by atoms with van der Waals surface area (Å²) >= 11 is 0. The average Bonchev–Trinajstić information content (AvgIpc) is 2.64. The minimum Gasteiger partial charge on any atom is -0.369 e. The van der Waals surface area contributed by atoms with Gasteiger partial charge in [-0.05, 0) is 19.1 Å². The van der Waals surface area contributed by atoms with Crippen molar-refractivity contribution in [1.82, 2.24) is 15.5 Å². The number of hydrogen-bond acceptors (Lipinski definition) is 5. The van der Waals surface area contributed by atoms with E-state index in [1.807, 2.05) is 0 Å². The fourth-order valence-electron chi connectivity index (χ4n) is 3.33. The molecule has 2 aliphatic rings. The van der Waals surface area contributed by atoms with Gasteiger partial charge in [-0.2, -0.15) is 0 Å². The number of halogens is 3. The summed E-state index contributed by atoms with van der Waals surface area (Å²) in [5, 5.41) is 6.27. The van der Waals surface area contributed by atoms with Crippen molar-refractivity contribution >= 4 is 48.8 Å². The number of anilines is 1. The summed E-state index contributed by atoms with van der Waals surface area (Å²) in [5.74, 6) is -0.00220. The maximum Gasteiger partial charge on any atom is 0.250 e. The molecule has 0 saturated carbocycles. The first kappa shape index (κ1) is 26.2. The van der Waals surface area contributed by atoms with Gasteiger partial charge in [0.2, 0.25) is 0 Å². The topological polar surface area (TPSA) is 56.8 Å². The highest BCUT2D eigenvalue weighted by Crippen LogP contribution is 2.15. The molecule has 2 unspecified atom stereocenters. The molecule has 2 N–H and O–H groups in total.